The van der Waals surface area contributed by atoms with E-state index >= 15 is 0 Å². The smallest absolute Gasteiger partial charge is 0.123 e. The van der Waals surface area contributed by atoms with Crippen LogP contribution in [0.3, 0.4) is 0 Å². The summed E-state index contributed by atoms with van der Waals surface area (Å²) < 4.78 is 14.1. The maximum Gasteiger partial charge on any atom is 0.123 e. The van der Waals surface area contributed by atoms with Gasteiger partial charge in [-0.05, 0) is 48.4 Å². The van der Waals surface area contributed by atoms with E-state index in [2.05, 4.69) is 15.9 Å². The lowest BCUT2D eigenvalue weighted by Gasteiger charge is -2.10. The van der Waals surface area contributed by atoms with Crippen LogP contribution in [0.25, 0.3) is 0 Å². The van der Waals surface area contributed by atoms with Crippen LogP contribution < -0.4 is 0 Å². The molecule has 0 fully saturated rings. The molecule has 1 atom stereocenters. The van der Waals surface area contributed by atoms with Crippen LogP contribution in [0, 0.1) is 5.82 Å². The zero-order chi connectivity index (χ0) is 13.7. The third-order valence-corrected chi connectivity index (χ3v) is 4.30. The van der Waals surface area contributed by atoms with Crippen molar-refractivity contribution in [2.75, 3.05) is 5.75 Å². The van der Waals surface area contributed by atoms with Crippen molar-refractivity contribution in [3.63, 3.8) is 0 Å². The summed E-state index contributed by atoms with van der Waals surface area (Å²) >= 11 is 4.98. The van der Waals surface area contributed by atoms with Crippen LogP contribution in [-0.4, -0.2) is 17.0 Å². The summed E-state index contributed by atoms with van der Waals surface area (Å²) in [5, 5.41) is 9.96. The number of aliphatic hydroxyl groups excluding tert-OH is 1. The third kappa shape index (κ3) is 4.97. The van der Waals surface area contributed by atoms with Crippen molar-refractivity contribution < 1.29 is 9.50 Å². The van der Waals surface area contributed by atoms with E-state index in [0.29, 0.717) is 12.2 Å². The highest BCUT2D eigenvalue weighted by atomic mass is 79.9. The molecule has 1 unspecified atom stereocenters. The Morgan fingerprint density at radius 1 is 1.16 bits per heavy atom. The van der Waals surface area contributed by atoms with Gasteiger partial charge < -0.3 is 5.11 Å². The fourth-order valence-electron chi connectivity index (χ4n) is 1.72. The molecule has 0 radical (unpaired) electrons. The first-order valence-corrected chi connectivity index (χ1v) is 7.72. The topological polar surface area (TPSA) is 20.2 Å². The molecule has 0 aliphatic carbocycles. The second-order valence-corrected chi connectivity index (χ2v) is 6.26. The highest BCUT2D eigenvalue weighted by molar-refractivity contribution is 9.10. The summed E-state index contributed by atoms with van der Waals surface area (Å²) in [7, 11) is 0. The molecular weight excluding hydrogens is 327 g/mol. The van der Waals surface area contributed by atoms with Gasteiger partial charge >= 0.3 is 0 Å². The van der Waals surface area contributed by atoms with E-state index in [4.69, 9.17) is 0 Å². The summed E-state index contributed by atoms with van der Waals surface area (Å²) in [5.74, 6) is 0.336. The minimum absolute atomic E-state index is 0.259. The Balaban J connectivity index is 1.84. The standard InChI is InChI=1S/C15H14BrFOS/c16-12-4-6-15(7-5-12)19-10-14(18)9-11-2-1-3-13(17)8-11/h1-8,14,18H,9-10H2. The number of hydrogen-bond donors (Lipinski definition) is 1. The minimum atomic E-state index is -0.476. The SMILES string of the molecule is OC(CSc1ccc(Br)cc1)Cc1cccc(F)c1. The molecule has 100 valence electrons. The van der Waals surface area contributed by atoms with Crippen molar-refractivity contribution in [2.45, 2.75) is 17.4 Å². The van der Waals surface area contributed by atoms with E-state index in [9.17, 15) is 9.50 Å². The van der Waals surface area contributed by atoms with Crippen LogP contribution in [0.1, 0.15) is 5.56 Å². The summed E-state index contributed by atoms with van der Waals surface area (Å²) in [5.41, 5.74) is 0.823. The van der Waals surface area contributed by atoms with E-state index in [1.807, 2.05) is 30.3 Å². The summed E-state index contributed by atoms with van der Waals surface area (Å²) in [6, 6.07) is 14.3. The lowest BCUT2D eigenvalue weighted by molar-refractivity contribution is 0.200. The fraction of sp³-hybridized carbons (Fsp3) is 0.200. The maximum absolute atomic E-state index is 13.0. The van der Waals surface area contributed by atoms with Gasteiger partial charge in [0.15, 0.2) is 0 Å². The first kappa shape index (κ1) is 14.6. The molecule has 4 heteroatoms. The Morgan fingerprint density at radius 2 is 1.89 bits per heavy atom. The molecule has 0 aliphatic heterocycles. The molecule has 2 rings (SSSR count). The summed E-state index contributed by atoms with van der Waals surface area (Å²) in [6.07, 6.45) is -0.00294. The molecule has 0 aliphatic rings. The van der Waals surface area contributed by atoms with Crippen LogP contribution in [0.4, 0.5) is 4.39 Å². The number of thioether (sulfide) groups is 1. The summed E-state index contributed by atoms with van der Waals surface area (Å²) in [4.78, 5) is 1.11. The minimum Gasteiger partial charge on any atom is -0.392 e. The molecule has 2 aromatic rings. The van der Waals surface area contributed by atoms with E-state index in [0.717, 1.165) is 14.9 Å². The van der Waals surface area contributed by atoms with E-state index in [1.165, 1.54) is 12.1 Å². The van der Waals surface area contributed by atoms with Gasteiger partial charge in [0.2, 0.25) is 0 Å². The van der Waals surface area contributed by atoms with Gasteiger partial charge in [-0.25, -0.2) is 4.39 Å². The third-order valence-electron chi connectivity index (χ3n) is 2.62. The first-order valence-electron chi connectivity index (χ1n) is 5.94. The summed E-state index contributed by atoms with van der Waals surface area (Å²) in [6.45, 7) is 0. The Morgan fingerprint density at radius 3 is 2.58 bits per heavy atom. The molecule has 0 bridgehead atoms. The van der Waals surface area contributed by atoms with Gasteiger partial charge in [-0.15, -0.1) is 11.8 Å². The van der Waals surface area contributed by atoms with Crippen molar-refractivity contribution in [1.29, 1.82) is 0 Å². The molecule has 19 heavy (non-hydrogen) atoms. The van der Waals surface area contributed by atoms with Crippen molar-refractivity contribution in [3.8, 4) is 0 Å². The van der Waals surface area contributed by atoms with Crippen LogP contribution in [0.15, 0.2) is 57.9 Å². The second kappa shape index (κ2) is 7.08. The Bertz CT molecular complexity index is 530. The fourth-order valence-corrected chi connectivity index (χ4v) is 2.81. The Kier molecular flexibility index (Phi) is 5.43. The number of benzene rings is 2. The van der Waals surface area contributed by atoms with Crippen LogP contribution >= 0.6 is 27.7 Å². The molecule has 2 aromatic carbocycles. The maximum atomic E-state index is 13.0. The number of hydrogen-bond acceptors (Lipinski definition) is 2. The van der Waals surface area contributed by atoms with E-state index in [1.54, 1.807) is 17.8 Å². The predicted molar refractivity (Wildman–Crippen MR) is 81.0 cm³/mol. The lowest BCUT2D eigenvalue weighted by atomic mass is 10.1. The molecule has 0 saturated heterocycles. The average molecular weight is 341 g/mol. The van der Waals surface area contributed by atoms with Crippen molar-refractivity contribution in [2.24, 2.45) is 0 Å². The average Bonchev–Trinajstić information content (AvgIpc) is 2.38. The van der Waals surface area contributed by atoms with Crippen molar-refractivity contribution in [3.05, 3.63) is 64.4 Å². The number of rotatable bonds is 5. The van der Waals surface area contributed by atoms with Crippen molar-refractivity contribution in [1.82, 2.24) is 0 Å². The monoisotopic (exact) mass is 340 g/mol. The quantitative estimate of drug-likeness (QED) is 0.819. The Hall–Kier alpha value is -0.840. The molecule has 0 aromatic heterocycles. The molecule has 1 N–H and O–H groups in total. The second-order valence-electron chi connectivity index (χ2n) is 4.25. The van der Waals surface area contributed by atoms with Gasteiger partial charge in [0.25, 0.3) is 0 Å². The first-order chi connectivity index (χ1) is 9.13. The van der Waals surface area contributed by atoms with Crippen LogP contribution in [0.5, 0.6) is 0 Å². The Labute approximate surface area is 125 Å². The normalized spacial score (nSPS) is 12.4. The van der Waals surface area contributed by atoms with Gasteiger partial charge in [0.1, 0.15) is 5.82 Å². The van der Waals surface area contributed by atoms with Gasteiger partial charge in [0, 0.05) is 15.1 Å². The lowest BCUT2D eigenvalue weighted by Crippen LogP contribution is -2.13. The van der Waals surface area contributed by atoms with Crippen LogP contribution in [0.2, 0.25) is 0 Å². The predicted octanol–water partition coefficient (Wildman–Crippen LogP) is 4.28. The van der Waals surface area contributed by atoms with Gasteiger partial charge in [-0.2, -0.15) is 0 Å². The molecule has 0 saturated carbocycles. The number of halogens is 2. The van der Waals surface area contributed by atoms with Gasteiger partial charge in [-0.1, -0.05) is 28.1 Å². The zero-order valence-corrected chi connectivity index (χ0v) is 12.6. The van der Waals surface area contributed by atoms with E-state index < -0.39 is 6.10 Å². The zero-order valence-electron chi connectivity index (χ0n) is 10.2. The van der Waals surface area contributed by atoms with Crippen LogP contribution in [-0.2, 0) is 6.42 Å². The molecule has 0 heterocycles. The molecule has 1 nitrogen and oxygen atoms in total. The molecule has 0 amide bonds. The van der Waals surface area contributed by atoms with E-state index in [-0.39, 0.29) is 5.82 Å². The highest BCUT2D eigenvalue weighted by Gasteiger charge is 2.07. The molecular formula is C15H14BrFOS. The number of aliphatic hydroxyl groups is 1. The van der Waals surface area contributed by atoms with Crippen molar-refractivity contribution >= 4 is 27.7 Å². The highest BCUT2D eigenvalue weighted by Crippen LogP contribution is 2.22. The van der Waals surface area contributed by atoms with Gasteiger partial charge in [0.05, 0.1) is 6.10 Å². The molecule has 0 spiro atoms. The van der Waals surface area contributed by atoms with Gasteiger partial charge in [-0.3, -0.25) is 0 Å². The largest absolute Gasteiger partial charge is 0.392 e.